The van der Waals surface area contributed by atoms with Crippen LogP contribution in [0.1, 0.15) is 11.1 Å². The zero-order valence-electron chi connectivity index (χ0n) is 8.62. The fraction of sp³-hybridized carbons (Fsp3) is 0.0833. The van der Waals surface area contributed by atoms with Gasteiger partial charge in [-0.25, -0.2) is 8.42 Å². The van der Waals surface area contributed by atoms with Crippen molar-refractivity contribution >= 4 is 27.9 Å². The maximum absolute atomic E-state index is 11.6. The second kappa shape index (κ2) is 3.65. The quantitative estimate of drug-likeness (QED) is 0.792. The first-order chi connectivity index (χ1) is 8.18. The molecule has 1 atom stereocenters. The fourth-order valence-corrected chi connectivity index (χ4v) is 2.61. The molecule has 1 unspecified atom stereocenters. The van der Waals surface area contributed by atoms with Crippen LogP contribution in [0.2, 0.25) is 0 Å². The molecule has 1 aromatic carbocycles. The van der Waals surface area contributed by atoms with E-state index in [0.29, 0.717) is 5.57 Å². The molecule has 0 aliphatic heterocycles. The van der Waals surface area contributed by atoms with Crippen molar-refractivity contribution in [3.63, 3.8) is 0 Å². The van der Waals surface area contributed by atoms with Gasteiger partial charge in [-0.3, -0.25) is 8.98 Å². The zero-order chi connectivity index (χ0) is 12.0. The number of rotatable bonds is 2. The van der Waals surface area contributed by atoms with E-state index in [1.54, 1.807) is 6.08 Å². The Morgan fingerprint density at radius 3 is 2.47 bits per heavy atom. The first-order valence-electron chi connectivity index (χ1n) is 5.05. The number of carbonyl (C=O) groups is 1. The number of thiol groups is 1. The Hall–Kier alpha value is -1.72. The lowest BCUT2D eigenvalue weighted by Crippen LogP contribution is -2.30. The van der Waals surface area contributed by atoms with Gasteiger partial charge in [-0.05, 0) is 22.8 Å². The summed E-state index contributed by atoms with van der Waals surface area (Å²) < 4.78 is 25.9. The van der Waals surface area contributed by atoms with E-state index in [1.165, 1.54) is 6.08 Å². The highest BCUT2D eigenvalue weighted by molar-refractivity contribution is 7.67. The Morgan fingerprint density at radius 2 is 1.76 bits per heavy atom. The van der Waals surface area contributed by atoms with Gasteiger partial charge < -0.3 is 0 Å². The van der Waals surface area contributed by atoms with E-state index in [-0.39, 0.29) is 5.78 Å². The van der Waals surface area contributed by atoms with E-state index in [9.17, 15) is 13.2 Å². The lowest BCUT2D eigenvalue weighted by atomic mass is 9.74. The number of fused-ring (bicyclic) bond motifs is 3. The van der Waals surface area contributed by atoms with Crippen LogP contribution in [0.4, 0.5) is 0 Å². The molecule has 0 amide bonds. The van der Waals surface area contributed by atoms with E-state index in [4.69, 9.17) is 0 Å². The summed E-state index contributed by atoms with van der Waals surface area (Å²) in [6.45, 7) is 0. The third-order valence-electron chi connectivity index (χ3n) is 2.92. The molecule has 86 valence electrons. The summed E-state index contributed by atoms with van der Waals surface area (Å²) in [5, 5.41) is 0. The normalized spacial score (nSPS) is 21.2. The van der Waals surface area contributed by atoms with Crippen molar-refractivity contribution in [2.75, 3.05) is 0 Å². The summed E-state index contributed by atoms with van der Waals surface area (Å²) in [5.74, 6) is -0.336. The van der Waals surface area contributed by atoms with Crippen molar-refractivity contribution in [3.8, 4) is 0 Å². The molecule has 1 aromatic rings. The molecule has 0 saturated heterocycles. The van der Waals surface area contributed by atoms with Crippen molar-refractivity contribution < 1.29 is 17.4 Å². The van der Waals surface area contributed by atoms with Gasteiger partial charge in [0.05, 0.1) is 0 Å². The van der Waals surface area contributed by atoms with E-state index in [0.717, 1.165) is 16.7 Å². The van der Waals surface area contributed by atoms with E-state index in [2.05, 4.69) is 4.18 Å². The highest BCUT2D eigenvalue weighted by Gasteiger charge is 2.37. The Labute approximate surface area is 99.4 Å². The smallest absolute Gasteiger partial charge is 0.258 e. The summed E-state index contributed by atoms with van der Waals surface area (Å²) in [4.78, 5) is 11.6. The molecule has 4 nitrogen and oxygen atoms in total. The molecule has 0 fully saturated rings. The molecule has 0 aromatic heterocycles. The molecule has 3 rings (SSSR count). The lowest BCUT2D eigenvalue weighted by molar-refractivity contribution is -0.118. The number of allylic oxidation sites excluding steroid dienone is 2. The third-order valence-corrected chi connectivity index (χ3v) is 3.31. The Morgan fingerprint density at radius 1 is 1.06 bits per heavy atom. The molecule has 0 bridgehead atoms. The minimum absolute atomic E-state index is 0.336. The van der Waals surface area contributed by atoms with E-state index < -0.39 is 17.1 Å². The van der Waals surface area contributed by atoms with Crippen molar-refractivity contribution in [3.05, 3.63) is 47.5 Å². The van der Waals surface area contributed by atoms with Gasteiger partial charge in [0.25, 0.3) is 11.0 Å². The van der Waals surface area contributed by atoms with Gasteiger partial charge in [0.15, 0.2) is 11.9 Å². The Kier molecular flexibility index (Phi) is 2.24. The van der Waals surface area contributed by atoms with Crippen LogP contribution in [0.25, 0.3) is 11.1 Å². The van der Waals surface area contributed by atoms with Crippen LogP contribution in [0.15, 0.2) is 36.4 Å². The molecule has 0 saturated carbocycles. The van der Waals surface area contributed by atoms with E-state index in [1.807, 2.05) is 24.3 Å². The number of hydrogen-bond acceptors (Lipinski definition) is 4. The first kappa shape index (κ1) is 10.4. The predicted octanol–water partition coefficient (Wildman–Crippen LogP) is 0.961. The van der Waals surface area contributed by atoms with Gasteiger partial charge in [-0.1, -0.05) is 30.3 Å². The van der Waals surface area contributed by atoms with Crippen LogP contribution in [-0.2, 0) is 20.0 Å². The molecule has 17 heavy (non-hydrogen) atoms. The number of hydrogen-bond donors (Lipinski definition) is 1. The third kappa shape index (κ3) is 1.47. The molecule has 2 aliphatic rings. The first-order valence-corrected chi connectivity index (χ1v) is 6.15. The van der Waals surface area contributed by atoms with Crippen LogP contribution in [0.5, 0.6) is 0 Å². The molecular formula is C12H8O4S. The molecule has 2 aliphatic carbocycles. The molecule has 0 radical (unpaired) electrons. The molecule has 5 heteroatoms. The minimum Gasteiger partial charge on any atom is -0.291 e. The maximum Gasteiger partial charge on any atom is 0.258 e. The van der Waals surface area contributed by atoms with Crippen LogP contribution >= 0.6 is 0 Å². The van der Waals surface area contributed by atoms with E-state index >= 15 is 0 Å². The molecule has 0 heterocycles. The van der Waals surface area contributed by atoms with Crippen LogP contribution in [0, 0.1) is 0 Å². The van der Waals surface area contributed by atoms with Gasteiger partial charge in [0, 0.05) is 5.57 Å². The van der Waals surface area contributed by atoms with Gasteiger partial charge in [-0.2, -0.15) is 0 Å². The molecule has 0 spiro atoms. The summed E-state index contributed by atoms with van der Waals surface area (Å²) in [5.41, 5.74) is 3.48. The standard InChI is InChI=1S/C12H8O4S/c13-10-6-5-9-7-3-1-2-4-8(7)11(9)12(10)16-17(14)15/h1-6,12,17H. The summed E-state index contributed by atoms with van der Waals surface area (Å²) in [7, 11) is -3.04. The minimum atomic E-state index is -3.04. The lowest BCUT2D eigenvalue weighted by Gasteiger charge is -2.32. The SMILES string of the molecule is O=C1C=CC2=C(c3ccccc32)C1O[SH](=O)=O. The highest BCUT2D eigenvalue weighted by atomic mass is 32.2. The number of benzene rings is 1. The van der Waals surface area contributed by atoms with Crippen molar-refractivity contribution in [1.82, 2.24) is 0 Å². The Balaban J connectivity index is 2.08. The summed E-state index contributed by atoms with van der Waals surface area (Å²) in [6, 6.07) is 7.54. The van der Waals surface area contributed by atoms with Crippen molar-refractivity contribution in [1.29, 1.82) is 0 Å². The average Bonchev–Trinajstić information content (AvgIpc) is 2.28. The average molecular weight is 248 g/mol. The number of carbonyl (C=O) groups excluding carboxylic acids is 1. The van der Waals surface area contributed by atoms with Crippen LogP contribution < -0.4 is 0 Å². The largest absolute Gasteiger partial charge is 0.291 e. The van der Waals surface area contributed by atoms with Crippen molar-refractivity contribution in [2.45, 2.75) is 6.10 Å². The maximum atomic E-state index is 11.6. The van der Waals surface area contributed by atoms with Crippen molar-refractivity contribution in [2.24, 2.45) is 0 Å². The molecular weight excluding hydrogens is 240 g/mol. The topological polar surface area (TPSA) is 60.4 Å². The Bertz CT molecular complexity index is 644. The zero-order valence-corrected chi connectivity index (χ0v) is 9.52. The van der Waals surface area contributed by atoms with Gasteiger partial charge in [0.1, 0.15) is 0 Å². The summed E-state index contributed by atoms with van der Waals surface area (Å²) >= 11 is 0. The van der Waals surface area contributed by atoms with Gasteiger partial charge >= 0.3 is 0 Å². The number of ketones is 1. The van der Waals surface area contributed by atoms with Crippen LogP contribution in [-0.4, -0.2) is 20.3 Å². The highest BCUT2D eigenvalue weighted by Crippen LogP contribution is 2.45. The summed E-state index contributed by atoms with van der Waals surface area (Å²) in [6.07, 6.45) is 2.06. The van der Waals surface area contributed by atoms with Gasteiger partial charge in [0.2, 0.25) is 0 Å². The second-order valence-corrected chi connectivity index (χ2v) is 4.48. The second-order valence-electron chi connectivity index (χ2n) is 3.82. The monoisotopic (exact) mass is 248 g/mol. The molecule has 0 N–H and O–H groups in total. The predicted molar refractivity (Wildman–Crippen MR) is 62.6 cm³/mol. The fourth-order valence-electron chi connectivity index (χ4n) is 2.23. The van der Waals surface area contributed by atoms with Gasteiger partial charge in [-0.15, -0.1) is 0 Å². The van der Waals surface area contributed by atoms with Crippen LogP contribution in [0.3, 0.4) is 0 Å².